The number of hydrogen-bond acceptors (Lipinski definition) is 4. The van der Waals surface area contributed by atoms with Crippen molar-refractivity contribution in [2.45, 2.75) is 72.0 Å². The molecule has 0 aliphatic heterocycles. The first-order chi connectivity index (χ1) is 12.4. The van der Waals surface area contributed by atoms with Gasteiger partial charge in [-0.25, -0.2) is 0 Å². The molecule has 0 aliphatic rings. The third-order valence-corrected chi connectivity index (χ3v) is 12.1. The molecular formula is C19H40O4Si5. The van der Waals surface area contributed by atoms with E-state index in [1.807, 2.05) is 6.08 Å². The zero-order valence-electron chi connectivity index (χ0n) is 20.0. The lowest BCUT2D eigenvalue weighted by Crippen LogP contribution is -2.48. The van der Waals surface area contributed by atoms with Crippen LogP contribution < -0.4 is 18.5 Å². The highest BCUT2D eigenvalue weighted by Crippen LogP contribution is 2.43. The summed E-state index contributed by atoms with van der Waals surface area (Å²) in [5, 5.41) is 1.14. The molecule has 0 heterocycles. The minimum atomic E-state index is -2.17. The maximum Gasteiger partial charge on any atom is 0.242 e. The summed E-state index contributed by atoms with van der Waals surface area (Å²) in [6, 6.07) is 2.09. The molecule has 160 valence electrons. The van der Waals surface area contributed by atoms with Crippen molar-refractivity contribution in [2.75, 3.05) is 0 Å². The van der Waals surface area contributed by atoms with Crippen LogP contribution in [0.4, 0.5) is 0 Å². The molecule has 0 aliphatic carbocycles. The fourth-order valence-electron chi connectivity index (χ4n) is 2.73. The summed E-state index contributed by atoms with van der Waals surface area (Å²) in [4.78, 5) is 0. The van der Waals surface area contributed by atoms with Gasteiger partial charge in [0.1, 0.15) is 16.2 Å². The molecule has 28 heavy (non-hydrogen) atoms. The molecular weight excluding hydrogens is 433 g/mol. The van der Waals surface area contributed by atoms with Gasteiger partial charge in [0.2, 0.25) is 33.3 Å². The van der Waals surface area contributed by atoms with Crippen molar-refractivity contribution >= 4 is 55.0 Å². The third kappa shape index (κ3) is 7.34. The van der Waals surface area contributed by atoms with Crippen LogP contribution in [0, 0.1) is 0 Å². The van der Waals surface area contributed by atoms with Gasteiger partial charge in [-0.2, -0.15) is 0 Å². The average Bonchev–Trinajstić information content (AvgIpc) is 2.45. The summed E-state index contributed by atoms with van der Waals surface area (Å²) in [6.07, 6.45) is 1.90. The zero-order valence-corrected chi connectivity index (χ0v) is 26.0. The Kier molecular flexibility index (Phi) is 7.85. The average molecular weight is 473 g/mol. The highest BCUT2D eigenvalue weighted by Gasteiger charge is 2.37. The molecule has 0 spiro atoms. The Hall–Kier alpha value is -0.596. The van der Waals surface area contributed by atoms with Gasteiger partial charge in [-0.05, 0) is 83.6 Å². The molecule has 0 aromatic heterocycles. The highest BCUT2D eigenvalue weighted by molar-refractivity contribution is 6.87. The van der Waals surface area contributed by atoms with E-state index in [1.54, 1.807) is 0 Å². The van der Waals surface area contributed by atoms with Gasteiger partial charge in [0.05, 0.1) is 0 Å². The maximum absolute atomic E-state index is 6.69. The van der Waals surface area contributed by atoms with Gasteiger partial charge >= 0.3 is 0 Å². The van der Waals surface area contributed by atoms with Crippen molar-refractivity contribution in [2.24, 2.45) is 0 Å². The molecule has 0 fully saturated rings. The second kappa shape index (κ2) is 8.64. The van der Waals surface area contributed by atoms with Crippen LogP contribution in [0.3, 0.4) is 0 Å². The summed E-state index contributed by atoms with van der Waals surface area (Å²) in [5.41, 5.74) is 1.04. The monoisotopic (exact) mass is 472 g/mol. The Morgan fingerprint density at radius 1 is 0.750 bits per heavy atom. The van der Waals surface area contributed by atoms with Crippen molar-refractivity contribution < 1.29 is 17.4 Å². The normalized spacial score (nSPS) is 13.4. The number of hydrogen-bond donors (Lipinski definition) is 0. The minimum Gasteiger partial charge on any atom is -0.542 e. The van der Waals surface area contributed by atoms with Crippen LogP contribution >= 0.6 is 0 Å². The number of benzene rings is 1. The van der Waals surface area contributed by atoms with Crippen molar-refractivity contribution in [3.63, 3.8) is 0 Å². The quantitative estimate of drug-likeness (QED) is 0.489. The highest BCUT2D eigenvalue weighted by atomic mass is 28.4. The van der Waals surface area contributed by atoms with Crippen LogP contribution in [0.2, 0.25) is 72.0 Å². The molecule has 0 radical (unpaired) electrons. The standard InChI is InChI=1S/C19H40O4Si5/c1-13-15-14-16(20-25(2,3)4)17(21-26(5,6)7)18(22-27(8,9)10)19(15)28(11,12)23-24/h13-14H,1H2,2-12,24H3. The zero-order chi connectivity index (χ0) is 22.1. The van der Waals surface area contributed by atoms with E-state index < -0.39 is 33.3 Å². The first-order valence-electron chi connectivity index (χ1n) is 9.86. The SMILES string of the molecule is C=Cc1cc(O[Si](C)(C)C)c(O[Si](C)(C)C)c(O[Si](C)(C)C)c1[Si](C)(C)O[SiH3]. The third-order valence-electron chi connectivity index (χ3n) is 3.80. The van der Waals surface area contributed by atoms with Crippen LogP contribution in [-0.4, -0.2) is 43.8 Å². The topological polar surface area (TPSA) is 36.9 Å². The Balaban J connectivity index is 4.00. The lowest BCUT2D eigenvalue weighted by Gasteiger charge is -2.35. The van der Waals surface area contributed by atoms with E-state index in [0.29, 0.717) is 10.5 Å². The van der Waals surface area contributed by atoms with Crippen LogP contribution in [0.5, 0.6) is 17.2 Å². The molecule has 0 amide bonds. The molecule has 0 unspecified atom stereocenters. The fraction of sp³-hybridized carbons (Fsp3) is 0.579. The van der Waals surface area contributed by atoms with Crippen LogP contribution in [-0.2, 0) is 4.12 Å². The van der Waals surface area contributed by atoms with Gasteiger partial charge in [-0.15, -0.1) is 0 Å². The van der Waals surface area contributed by atoms with E-state index in [4.69, 9.17) is 17.4 Å². The van der Waals surface area contributed by atoms with Crippen molar-refractivity contribution in [3.05, 3.63) is 18.2 Å². The molecule has 0 N–H and O–H groups in total. The number of rotatable bonds is 9. The molecule has 0 atom stereocenters. The van der Waals surface area contributed by atoms with Crippen LogP contribution in [0.15, 0.2) is 12.6 Å². The van der Waals surface area contributed by atoms with Gasteiger partial charge in [0.15, 0.2) is 11.5 Å². The maximum atomic E-state index is 6.69. The van der Waals surface area contributed by atoms with E-state index >= 15 is 0 Å². The molecule has 0 saturated heterocycles. The Labute approximate surface area is 179 Å². The second-order valence-electron chi connectivity index (χ2n) is 10.6. The van der Waals surface area contributed by atoms with E-state index in [9.17, 15) is 0 Å². The van der Waals surface area contributed by atoms with Crippen molar-refractivity contribution in [3.8, 4) is 17.2 Å². The van der Waals surface area contributed by atoms with Gasteiger partial charge in [-0.1, -0.05) is 12.7 Å². The summed E-state index contributed by atoms with van der Waals surface area (Å²) in [6.45, 7) is 28.2. The Bertz CT molecular complexity index is 713. The largest absolute Gasteiger partial charge is 0.542 e. The molecule has 9 heteroatoms. The van der Waals surface area contributed by atoms with Crippen LogP contribution in [0.25, 0.3) is 6.08 Å². The van der Waals surface area contributed by atoms with Gasteiger partial charge < -0.3 is 17.4 Å². The van der Waals surface area contributed by atoms with E-state index in [2.05, 4.69) is 84.7 Å². The summed E-state index contributed by atoms with van der Waals surface area (Å²) < 4.78 is 25.9. The van der Waals surface area contributed by atoms with E-state index in [-0.39, 0.29) is 0 Å². The van der Waals surface area contributed by atoms with Gasteiger partial charge in [-0.3, -0.25) is 0 Å². The summed E-state index contributed by atoms with van der Waals surface area (Å²) >= 11 is 0. The van der Waals surface area contributed by atoms with Crippen molar-refractivity contribution in [1.82, 2.24) is 0 Å². The molecule has 0 bridgehead atoms. The lowest BCUT2D eigenvalue weighted by atomic mass is 10.2. The predicted octanol–water partition coefficient (Wildman–Crippen LogP) is 4.68. The van der Waals surface area contributed by atoms with E-state index in [1.165, 1.54) is 0 Å². The Morgan fingerprint density at radius 2 is 1.18 bits per heavy atom. The molecule has 0 saturated carbocycles. The van der Waals surface area contributed by atoms with Gasteiger partial charge in [0, 0.05) is 5.19 Å². The second-order valence-corrected chi connectivity index (χ2v) is 29.0. The lowest BCUT2D eigenvalue weighted by molar-refractivity contribution is 0.455. The summed E-state index contributed by atoms with van der Waals surface area (Å²) in [7, 11) is -7.15. The minimum absolute atomic E-state index is 0.681. The molecule has 1 rings (SSSR count). The molecule has 1 aromatic carbocycles. The molecule has 1 aromatic rings. The smallest absolute Gasteiger partial charge is 0.242 e. The first-order valence-corrected chi connectivity index (χ1v) is 23.8. The Morgan fingerprint density at radius 3 is 1.54 bits per heavy atom. The van der Waals surface area contributed by atoms with Crippen LogP contribution in [0.1, 0.15) is 5.56 Å². The van der Waals surface area contributed by atoms with Gasteiger partial charge in [0.25, 0.3) is 0 Å². The fourth-order valence-corrected chi connectivity index (χ4v) is 7.66. The van der Waals surface area contributed by atoms with E-state index in [0.717, 1.165) is 28.0 Å². The first kappa shape index (κ1) is 25.4. The molecule has 4 nitrogen and oxygen atoms in total. The predicted molar refractivity (Wildman–Crippen MR) is 137 cm³/mol. The van der Waals surface area contributed by atoms with Crippen molar-refractivity contribution in [1.29, 1.82) is 0 Å². The summed E-state index contributed by atoms with van der Waals surface area (Å²) in [5.74, 6) is 2.38.